The Kier molecular flexibility index (Phi) is 5.69. The zero-order chi connectivity index (χ0) is 22.0. The molecule has 0 spiro atoms. The van der Waals surface area contributed by atoms with Crippen LogP contribution in [0.3, 0.4) is 0 Å². The summed E-state index contributed by atoms with van der Waals surface area (Å²) >= 11 is 6.03. The van der Waals surface area contributed by atoms with Crippen LogP contribution in [0.2, 0.25) is 5.15 Å². The minimum absolute atomic E-state index is 0.0239. The van der Waals surface area contributed by atoms with Crippen LogP contribution in [0.25, 0.3) is 0 Å². The summed E-state index contributed by atoms with van der Waals surface area (Å²) in [5, 5.41) is 6.12. The molecule has 160 valence electrons. The number of anilines is 2. The molecule has 0 atom stereocenters. The van der Waals surface area contributed by atoms with Crippen LogP contribution in [0.1, 0.15) is 35.4 Å². The van der Waals surface area contributed by atoms with Crippen LogP contribution >= 0.6 is 11.6 Å². The van der Waals surface area contributed by atoms with E-state index in [2.05, 4.69) is 25.6 Å². The molecule has 2 N–H and O–H groups in total. The lowest BCUT2D eigenvalue weighted by Crippen LogP contribution is -2.51. The predicted molar refractivity (Wildman–Crippen MR) is 110 cm³/mol. The van der Waals surface area contributed by atoms with Crippen LogP contribution in [0.15, 0.2) is 42.5 Å². The highest BCUT2D eigenvalue weighted by atomic mass is 35.5. The monoisotopic (exact) mass is 445 g/mol. The summed E-state index contributed by atoms with van der Waals surface area (Å²) < 4.78 is 32.0. The zero-order valence-corrected chi connectivity index (χ0v) is 17.2. The van der Waals surface area contributed by atoms with Crippen LogP contribution in [0.4, 0.5) is 20.3 Å². The fraction of sp³-hybridized carbons (Fsp3) is 0.238. The number of nitrogens with one attached hydrogen (secondary N) is 2. The Bertz CT molecular complexity index is 1120. The van der Waals surface area contributed by atoms with Gasteiger partial charge in [0.1, 0.15) is 16.7 Å². The molecule has 1 saturated carbocycles. The van der Waals surface area contributed by atoms with Crippen molar-refractivity contribution in [3.63, 3.8) is 0 Å². The SMILES string of the molecule is COc1ccc(Nc2cc(F)nc(F)c2)nc1C(=O)NC1(c2cccc(Cl)n2)CCC1. The average Bonchev–Trinajstić information content (AvgIpc) is 2.69. The molecule has 7 nitrogen and oxygen atoms in total. The Morgan fingerprint density at radius 1 is 1.10 bits per heavy atom. The van der Waals surface area contributed by atoms with Gasteiger partial charge in [-0.3, -0.25) is 4.79 Å². The molecule has 0 unspecified atom stereocenters. The van der Waals surface area contributed by atoms with Crippen LogP contribution in [-0.2, 0) is 5.54 Å². The van der Waals surface area contributed by atoms with Crippen molar-refractivity contribution in [1.29, 1.82) is 0 Å². The van der Waals surface area contributed by atoms with Gasteiger partial charge in [0, 0.05) is 17.8 Å². The van der Waals surface area contributed by atoms with Crippen LogP contribution in [0.5, 0.6) is 5.75 Å². The standard InChI is InChI=1S/C21H18ClF2N5O2/c1-31-13-6-7-18(25-12-10-16(23)27-17(24)11-12)28-19(13)20(30)29-21(8-3-9-21)14-4-2-5-15(22)26-14/h2,4-7,10-11H,3,8-9H2,1H3,(H,29,30)(H,25,27,28). The van der Waals surface area contributed by atoms with E-state index < -0.39 is 23.3 Å². The van der Waals surface area contributed by atoms with Crippen molar-refractivity contribution in [1.82, 2.24) is 20.3 Å². The number of methoxy groups -OCH3 is 1. The maximum atomic E-state index is 13.4. The first-order chi connectivity index (χ1) is 14.9. The molecule has 0 aliphatic heterocycles. The molecule has 1 aliphatic carbocycles. The molecule has 0 bridgehead atoms. The van der Waals surface area contributed by atoms with Gasteiger partial charge < -0.3 is 15.4 Å². The van der Waals surface area contributed by atoms with E-state index in [1.54, 1.807) is 18.2 Å². The third-order valence-corrected chi connectivity index (χ3v) is 5.30. The number of hydrogen-bond acceptors (Lipinski definition) is 6. The number of ether oxygens (including phenoxy) is 1. The van der Waals surface area contributed by atoms with Crippen LogP contribution < -0.4 is 15.4 Å². The fourth-order valence-corrected chi connectivity index (χ4v) is 3.62. The number of rotatable bonds is 6. The second-order valence-corrected chi connectivity index (χ2v) is 7.50. The Balaban J connectivity index is 1.61. The van der Waals surface area contributed by atoms with E-state index in [0.717, 1.165) is 18.6 Å². The number of hydrogen-bond donors (Lipinski definition) is 2. The van der Waals surface area contributed by atoms with Gasteiger partial charge in [0.15, 0.2) is 5.69 Å². The maximum Gasteiger partial charge on any atom is 0.274 e. The quantitative estimate of drug-likeness (QED) is 0.548. The van der Waals surface area contributed by atoms with E-state index in [0.29, 0.717) is 23.7 Å². The van der Waals surface area contributed by atoms with E-state index in [1.165, 1.54) is 13.2 Å². The lowest BCUT2D eigenvalue weighted by Gasteiger charge is -2.42. The fourth-order valence-electron chi connectivity index (χ4n) is 3.46. The predicted octanol–water partition coefficient (Wildman–Crippen LogP) is 4.36. The van der Waals surface area contributed by atoms with Crippen molar-refractivity contribution < 1.29 is 18.3 Å². The second kappa shape index (κ2) is 8.43. The maximum absolute atomic E-state index is 13.4. The number of pyridine rings is 3. The Hall–Kier alpha value is -3.33. The van der Waals surface area contributed by atoms with Gasteiger partial charge in [0.2, 0.25) is 11.9 Å². The molecule has 1 aliphatic rings. The number of halogens is 3. The molecule has 31 heavy (non-hydrogen) atoms. The molecule has 3 heterocycles. The van der Waals surface area contributed by atoms with Gasteiger partial charge in [0.05, 0.1) is 18.3 Å². The van der Waals surface area contributed by atoms with Crippen LogP contribution in [-0.4, -0.2) is 28.0 Å². The highest BCUT2D eigenvalue weighted by molar-refractivity contribution is 6.29. The summed E-state index contributed by atoms with van der Waals surface area (Å²) in [6, 6.07) is 10.4. The summed E-state index contributed by atoms with van der Waals surface area (Å²) in [6.07, 6.45) is 2.35. The van der Waals surface area contributed by atoms with Gasteiger partial charge in [0.25, 0.3) is 5.91 Å². The molecule has 1 amide bonds. The van der Waals surface area contributed by atoms with E-state index in [-0.39, 0.29) is 22.9 Å². The number of carbonyl (C=O) groups is 1. The topological polar surface area (TPSA) is 89.0 Å². The third-order valence-electron chi connectivity index (χ3n) is 5.09. The highest BCUT2D eigenvalue weighted by Crippen LogP contribution is 2.41. The average molecular weight is 446 g/mol. The van der Waals surface area contributed by atoms with Crippen molar-refractivity contribution in [3.05, 3.63) is 70.9 Å². The first-order valence-electron chi connectivity index (χ1n) is 9.49. The molecule has 3 aromatic heterocycles. The Labute approximate surface area is 181 Å². The van der Waals surface area contributed by atoms with Gasteiger partial charge in [-0.2, -0.15) is 13.8 Å². The van der Waals surface area contributed by atoms with Crippen molar-refractivity contribution in [3.8, 4) is 5.75 Å². The molecule has 0 aromatic carbocycles. The minimum atomic E-state index is -0.977. The van der Waals surface area contributed by atoms with Crippen molar-refractivity contribution in [2.75, 3.05) is 12.4 Å². The molecular weight excluding hydrogens is 428 g/mol. The third kappa shape index (κ3) is 4.41. The smallest absolute Gasteiger partial charge is 0.274 e. The first kappa shape index (κ1) is 20.9. The minimum Gasteiger partial charge on any atom is -0.494 e. The molecule has 0 radical (unpaired) electrons. The van der Waals surface area contributed by atoms with Gasteiger partial charge >= 0.3 is 0 Å². The summed E-state index contributed by atoms with van der Waals surface area (Å²) in [6.45, 7) is 0. The number of aromatic nitrogens is 3. The van der Waals surface area contributed by atoms with Gasteiger partial charge in [-0.25, -0.2) is 9.97 Å². The zero-order valence-electron chi connectivity index (χ0n) is 16.5. The lowest BCUT2D eigenvalue weighted by molar-refractivity contribution is 0.0808. The molecule has 0 saturated heterocycles. The Morgan fingerprint density at radius 2 is 1.84 bits per heavy atom. The van der Waals surface area contributed by atoms with Gasteiger partial charge in [-0.15, -0.1) is 0 Å². The van der Waals surface area contributed by atoms with Crippen molar-refractivity contribution >= 4 is 29.0 Å². The molecule has 1 fully saturated rings. The first-order valence-corrected chi connectivity index (χ1v) is 9.87. The molecular formula is C21H18ClF2N5O2. The van der Waals surface area contributed by atoms with Crippen molar-refractivity contribution in [2.24, 2.45) is 0 Å². The van der Waals surface area contributed by atoms with Crippen molar-refractivity contribution in [2.45, 2.75) is 24.8 Å². The second-order valence-electron chi connectivity index (χ2n) is 7.11. The normalized spacial score (nSPS) is 14.5. The summed E-state index contributed by atoms with van der Waals surface area (Å²) in [5.74, 6) is -1.96. The molecule has 4 rings (SSSR count). The highest BCUT2D eigenvalue weighted by Gasteiger charge is 2.42. The van der Waals surface area contributed by atoms with E-state index >= 15 is 0 Å². The largest absolute Gasteiger partial charge is 0.494 e. The summed E-state index contributed by atoms with van der Waals surface area (Å²) in [5.41, 5.74) is 0.161. The lowest BCUT2D eigenvalue weighted by atomic mass is 9.74. The van der Waals surface area contributed by atoms with E-state index in [9.17, 15) is 13.6 Å². The summed E-state index contributed by atoms with van der Waals surface area (Å²) in [4.78, 5) is 24.8. The Morgan fingerprint density at radius 3 is 2.45 bits per heavy atom. The van der Waals surface area contributed by atoms with Gasteiger partial charge in [-0.1, -0.05) is 17.7 Å². The van der Waals surface area contributed by atoms with E-state index in [1.807, 2.05) is 6.07 Å². The molecule has 3 aromatic rings. The number of carbonyl (C=O) groups excluding carboxylic acids is 1. The summed E-state index contributed by atoms with van der Waals surface area (Å²) in [7, 11) is 1.42. The van der Waals surface area contributed by atoms with E-state index in [4.69, 9.17) is 16.3 Å². The number of amides is 1. The molecule has 10 heteroatoms. The van der Waals surface area contributed by atoms with Gasteiger partial charge in [-0.05, 0) is 43.5 Å². The van der Waals surface area contributed by atoms with Crippen LogP contribution in [0, 0.1) is 11.9 Å². The number of nitrogens with zero attached hydrogens (tertiary/aromatic N) is 3.